The van der Waals surface area contributed by atoms with Gasteiger partial charge in [-0.05, 0) is 24.6 Å². The van der Waals surface area contributed by atoms with Crippen LogP contribution in [0.3, 0.4) is 0 Å². The number of carboxylic acids is 1. The van der Waals surface area contributed by atoms with Crippen molar-refractivity contribution in [3.8, 4) is 0 Å². The highest BCUT2D eigenvalue weighted by Gasteiger charge is 2.18. The van der Waals surface area contributed by atoms with E-state index in [4.69, 9.17) is 14.9 Å². The molecule has 0 aliphatic rings. The molecule has 7 heteroatoms. The highest BCUT2D eigenvalue weighted by molar-refractivity contribution is 7.15. The number of nitrogens with zero attached hydrogens (tertiary/aromatic N) is 1. The van der Waals surface area contributed by atoms with E-state index in [0.29, 0.717) is 18.0 Å². The quantitative estimate of drug-likeness (QED) is 0.705. The Morgan fingerprint density at radius 3 is 2.71 bits per heavy atom. The first-order valence-corrected chi connectivity index (χ1v) is 7.21. The third-order valence-electron chi connectivity index (χ3n) is 2.77. The van der Waals surface area contributed by atoms with Crippen molar-refractivity contribution in [2.24, 2.45) is 0 Å². The Morgan fingerprint density at radius 2 is 2.14 bits per heavy atom. The van der Waals surface area contributed by atoms with Gasteiger partial charge in [-0.1, -0.05) is 0 Å². The lowest BCUT2D eigenvalue weighted by atomic mass is 10.2. The van der Waals surface area contributed by atoms with Crippen LogP contribution in [-0.2, 0) is 9.53 Å². The molecule has 1 aromatic rings. The van der Waals surface area contributed by atoms with E-state index >= 15 is 0 Å². The maximum atomic E-state index is 12.4. The second kappa shape index (κ2) is 8.56. The molecule has 116 valence electrons. The van der Waals surface area contributed by atoms with Crippen molar-refractivity contribution in [3.05, 3.63) is 27.5 Å². The molecule has 0 spiro atoms. The van der Waals surface area contributed by atoms with E-state index in [1.165, 1.54) is 22.3 Å². The molecular weight excluding hydrogens is 294 g/mol. The van der Waals surface area contributed by atoms with E-state index in [0.717, 1.165) is 16.5 Å². The van der Waals surface area contributed by atoms with Crippen molar-refractivity contribution in [1.82, 2.24) is 4.90 Å². The second-order valence-corrected chi connectivity index (χ2v) is 5.42. The second-order valence-electron chi connectivity index (χ2n) is 4.34. The summed E-state index contributed by atoms with van der Waals surface area (Å²) in [5.41, 5.74) is 0.844. The molecule has 6 nitrogen and oxygen atoms in total. The van der Waals surface area contributed by atoms with Gasteiger partial charge in [0.15, 0.2) is 0 Å². The highest BCUT2D eigenvalue weighted by atomic mass is 32.1. The van der Waals surface area contributed by atoms with Crippen LogP contribution in [0.1, 0.15) is 20.1 Å². The molecule has 1 amide bonds. The minimum absolute atomic E-state index is 0.119. The molecule has 0 unspecified atom stereocenters. The minimum Gasteiger partial charge on any atom is -0.478 e. The van der Waals surface area contributed by atoms with Crippen LogP contribution in [0, 0.1) is 6.92 Å². The van der Waals surface area contributed by atoms with Crippen molar-refractivity contribution < 1.29 is 24.5 Å². The molecule has 0 aliphatic heterocycles. The van der Waals surface area contributed by atoms with Gasteiger partial charge >= 0.3 is 5.97 Å². The third-order valence-corrected chi connectivity index (χ3v) is 3.96. The number of aryl methyl sites for hydroxylation is 1. The monoisotopic (exact) mass is 313 g/mol. The summed E-state index contributed by atoms with van der Waals surface area (Å²) in [7, 11) is 1.55. The molecule has 0 bridgehead atoms. The number of hydrogen-bond acceptors (Lipinski definition) is 5. The fourth-order valence-corrected chi connectivity index (χ4v) is 2.75. The first-order chi connectivity index (χ1) is 9.99. The summed E-state index contributed by atoms with van der Waals surface area (Å²) < 4.78 is 4.95. The van der Waals surface area contributed by atoms with Crippen molar-refractivity contribution in [2.45, 2.75) is 6.92 Å². The number of thiophene rings is 1. The number of aliphatic hydroxyl groups is 1. The van der Waals surface area contributed by atoms with Gasteiger partial charge < -0.3 is 19.8 Å². The summed E-state index contributed by atoms with van der Waals surface area (Å²) in [4.78, 5) is 25.7. The zero-order valence-electron chi connectivity index (χ0n) is 12.0. The standard InChI is InChI=1S/C14H19NO5S/c1-10-9-12(21-11(10)3-4-13(17)18)14(19)15(5-7-16)6-8-20-2/h3-4,9,16H,5-8H2,1-2H3,(H,17,18)/b4-3+. The summed E-state index contributed by atoms with van der Waals surface area (Å²) in [5.74, 6) is -1.22. The van der Waals surface area contributed by atoms with E-state index in [2.05, 4.69) is 0 Å². The average molecular weight is 313 g/mol. The number of carbonyl (C=O) groups excluding carboxylic acids is 1. The van der Waals surface area contributed by atoms with Crippen molar-refractivity contribution in [3.63, 3.8) is 0 Å². The number of ether oxygens (including phenoxy) is 1. The Morgan fingerprint density at radius 1 is 1.43 bits per heavy atom. The van der Waals surface area contributed by atoms with E-state index in [9.17, 15) is 9.59 Å². The van der Waals surface area contributed by atoms with E-state index in [1.807, 2.05) is 6.92 Å². The van der Waals surface area contributed by atoms with Gasteiger partial charge in [0.1, 0.15) is 0 Å². The maximum Gasteiger partial charge on any atom is 0.328 e. The van der Waals surface area contributed by atoms with Gasteiger partial charge in [0.05, 0.1) is 18.1 Å². The SMILES string of the molecule is COCCN(CCO)C(=O)c1cc(C)c(/C=C/C(=O)O)s1. The van der Waals surface area contributed by atoms with Gasteiger partial charge in [-0.2, -0.15) is 0 Å². The van der Waals surface area contributed by atoms with Gasteiger partial charge in [0, 0.05) is 31.2 Å². The van der Waals surface area contributed by atoms with Crippen LogP contribution in [0.5, 0.6) is 0 Å². The van der Waals surface area contributed by atoms with Gasteiger partial charge in [-0.15, -0.1) is 11.3 Å². The van der Waals surface area contributed by atoms with Gasteiger partial charge in [-0.25, -0.2) is 4.79 Å². The zero-order valence-corrected chi connectivity index (χ0v) is 12.9. The van der Waals surface area contributed by atoms with E-state index < -0.39 is 5.97 Å². The van der Waals surface area contributed by atoms with Gasteiger partial charge in [0.2, 0.25) is 0 Å². The van der Waals surface area contributed by atoms with Gasteiger partial charge in [0.25, 0.3) is 5.91 Å². The molecule has 0 radical (unpaired) electrons. The number of amides is 1. The third kappa shape index (κ3) is 5.30. The lowest BCUT2D eigenvalue weighted by molar-refractivity contribution is -0.131. The molecular formula is C14H19NO5S. The predicted octanol–water partition coefficient (Wildman–Crippen LogP) is 1.24. The average Bonchev–Trinajstić information content (AvgIpc) is 2.81. The molecule has 2 N–H and O–H groups in total. The summed E-state index contributed by atoms with van der Waals surface area (Å²) in [6.45, 7) is 2.72. The van der Waals surface area contributed by atoms with Crippen LogP contribution in [-0.4, -0.2) is 60.4 Å². The Hall–Kier alpha value is -1.70. The topological polar surface area (TPSA) is 87.1 Å². The van der Waals surface area contributed by atoms with Crippen LogP contribution in [0.25, 0.3) is 6.08 Å². The highest BCUT2D eigenvalue weighted by Crippen LogP contribution is 2.24. The molecule has 0 aliphatic carbocycles. The maximum absolute atomic E-state index is 12.4. The number of carbonyl (C=O) groups is 2. The molecule has 0 atom stereocenters. The van der Waals surface area contributed by atoms with E-state index in [1.54, 1.807) is 13.2 Å². The zero-order chi connectivity index (χ0) is 15.8. The molecule has 1 rings (SSSR count). The van der Waals surface area contributed by atoms with Crippen molar-refractivity contribution in [1.29, 1.82) is 0 Å². The summed E-state index contributed by atoms with van der Waals surface area (Å²) >= 11 is 1.23. The number of aliphatic carboxylic acids is 1. The molecule has 0 saturated carbocycles. The Labute approximate surface area is 127 Å². The summed E-state index contributed by atoms with van der Waals surface area (Å²) in [6, 6.07) is 1.73. The smallest absolute Gasteiger partial charge is 0.328 e. The van der Waals surface area contributed by atoms with Crippen LogP contribution >= 0.6 is 11.3 Å². The van der Waals surface area contributed by atoms with Crippen LogP contribution < -0.4 is 0 Å². The fourth-order valence-electron chi connectivity index (χ4n) is 1.71. The fraction of sp³-hybridized carbons (Fsp3) is 0.429. The largest absolute Gasteiger partial charge is 0.478 e. The Kier molecular flexibility index (Phi) is 7.07. The molecule has 1 heterocycles. The van der Waals surface area contributed by atoms with Crippen LogP contribution in [0.4, 0.5) is 0 Å². The first kappa shape index (κ1) is 17.4. The van der Waals surface area contributed by atoms with Crippen molar-refractivity contribution in [2.75, 3.05) is 33.4 Å². The number of aliphatic hydroxyl groups excluding tert-OH is 1. The lowest BCUT2D eigenvalue weighted by Crippen LogP contribution is -2.35. The predicted molar refractivity (Wildman–Crippen MR) is 80.6 cm³/mol. The Bertz CT molecular complexity index is 523. The van der Waals surface area contributed by atoms with Gasteiger partial charge in [-0.3, -0.25) is 4.79 Å². The lowest BCUT2D eigenvalue weighted by Gasteiger charge is -2.20. The number of rotatable bonds is 8. The van der Waals surface area contributed by atoms with E-state index in [-0.39, 0.29) is 19.1 Å². The Balaban J connectivity index is 2.90. The first-order valence-electron chi connectivity index (χ1n) is 6.40. The number of carboxylic acid groups (broad SMARTS) is 1. The molecule has 0 fully saturated rings. The minimum atomic E-state index is -1.03. The molecule has 21 heavy (non-hydrogen) atoms. The van der Waals surface area contributed by atoms with Crippen molar-refractivity contribution >= 4 is 29.3 Å². The molecule has 0 saturated heterocycles. The van der Waals surface area contributed by atoms with Crippen LogP contribution in [0.15, 0.2) is 12.1 Å². The van der Waals surface area contributed by atoms with Crippen LogP contribution in [0.2, 0.25) is 0 Å². The number of hydrogen-bond donors (Lipinski definition) is 2. The number of methoxy groups -OCH3 is 1. The molecule has 0 aromatic carbocycles. The summed E-state index contributed by atoms with van der Waals surface area (Å²) in [5, 5.41) is 17.7. The normalized spacial score (nSPS) is 11.0. The molecule has 1 aromatic heterocycles. The summed E-state index contributed by atoms with van der Waals surface area (Å²) in [6.07, 6.45) is 2.52.